The third-order valence-electron chi connectivity index (χ3n) is 5.08. The van der Waals surface area contributed by atoms with Crippen molar-refractivity contribution in [2.45, 2.75) is 26.3 Å². The summed E-state index contributed by atoms with van der Waals surface area (Å²) in [6.45, 7) is 6.99. The molecule has 0 fully saturated rings. The lowest BCUT2D eigenvalue weighted by molar-refractivity contribution is 0.217. The molecule has 27 heavy (non-hydrogen) atoms. The van der Waals surface area contributed by atoms with Gasteiger partial charge in [0.05, 0.1) is 0 Å². The summed E-state index contributed by atoms with van der Waals surface area (Å²) in [4.78, 5) is 16.4. The van der Waals surface area contributed by atoms with Crippen LogP contribution in [0.25, 0.3) is 0 Å². The number of likely N-dealkylation sites (N-methyl/N-ethyl adjacent to an activating group) is 1. The van der Waals surface area contributed by atoms with Crippen molar-refractivity contribution in [1.29, 1.82) is 0 Å². The molecular weight excluding hydrogens is 381 g/mol. The van der Waals surface area contributed by atoms with Crippen LogP contribution in [0.15, 0.2) is 36.4 Å². The molecule has 4 nitrogen and oxygen atoms in total. The molecule has 2 amide bonds. The number of benzene rings is 2. The van der Waals surface area contributed by atoms with E-state index in [4.69, 9.17) is 23.2 Å². The van der Waals surface area contributed by atoms with Crippen molar-refractivity contribution in [2.75, 3.05) is 32.0 Å². The Bertz CT molecular complexity index is 836. The Morgan fingerprint density at radius 1 is 1.22 bits per heavy atom. The Balaban J connectivity index is 1.93. The normalized spacial score (nSPS) is 16.7. The molecule has 144 valence electrons. The lowest BCUT2D eigenvalue weighted by Gasteiger charge is -2.33. The second-order valence-electron chi connectivity index (χ2n) is 6.93. The van der Waals surface area contributed by atoms with Gasteiger partial charge in [0.2, 0.25) is 0 Å². The van der Waals surface area contributed by atoms with E-state index in [2.05, 4.69) is 23.3 Å². The van der Waals surface area contributed by atoms with Crippen molar-refractivity contribution >= 4 is 34.9 Å². The molecule has 2 aromatic carbocycles. The molecule has 1 N–H and O–H groups in total. The average molecular weight is 406 g/mol. The number of rotatable bonds is 4. The molecule has 0 aromatic heterocycles. The quantitative estimate of drug-likeness (QED) is 0.734. The van der Waals surface area contributed by atoms with Gasteiger partial charge in [-0.3, -0.25) is 0 Å². The number of hydrogen-bond donors (Lipinski definition) is 1. The zero-order valence-corrected chi connectivity index (χ0v) is 17.4. The van der Waals surface area contributed by atoms with Crippen molar-refractivity contribution in [3.05, 3.63) is 63.1 Å². The minimum atomic E-state index is -0.0793. The Hall–Kier alpha value is -1.75. The van der Waals surface area contributed by atoms with Gasteiger partial charge in [0.25, 0.3) is 0 Å². The van der Waals surface area contributed by atoms with Crippen LogP contribution in [0.3, 0.4) is 0 Å². The van der Waals surface area contributed by atoms with E-state index in [9.17, 15) is 4.79 Å². The summed E-state index contributed by atoms with van der Waals surface area (Å²) in [6.07, 6.45) is 0. The predicted octanol–water partition coefficient (Wildman–Crippen LogP) is 5.44. The molecule has 3 rings (SSSR count). The summed E-state index contributed by atoms with van der Waals surface area (Å²) in [5.41, 5.74) is 4.22. The fourth-order valence-corrected chi connectivity index (χ4v) is 4.25. The van der Waals surface area contributed by atoms with E-state index in [0.717, 1.165) is 35.5 Å². The molecule has 0 saturated heterocycles. The molecule has 0 aliphatic carbocycles. The van der Waals surface area contributed by atoms with Gasteiger partial charge in [-0.15, -0.1) is 0 Å². The zero-order chi connectivity index (χ0) is 19.6. The molecule has 1 aliphatic rings. The maximum absolute atomic E-state index is 12.4. The molecule has 0 saturated carbocycles. The third-order valence-corrected chi connectivity index (χ3v) is 5.64. The van der Waals surface area contributed by atoms with E-state index in [1.807, 2.05) is 38.1 Å². The Labute approximate surface area is 171 Å². The predicted molar refractivity (Wildman–Crippen MR) is 113 cm³/mol. The van der Waals surface area contributed by atoms with Gasteiger partial charge in [-0.25, -0.2) is 4.79 Å². The second kappa shape index (κ2) is 8.51. The summed E-state index contributed by atoms with van der Waals surface area (Å²) in [7, 11) is 2.09. The highest BCUT2D eigenvalue weighted by molar-refractivity contribution is 6.35. The summed E-state index contributed by atoms with van der Waals surface area (Å²) in [6, 6.07) is 11.8. The molecular formula is C21H25Cl2N3O. The van der Waals surface area contributed by atoms with Crippen molar-refractivity contribution < 1.29 is 4.79 Å². The first-order valence-corrected chi connectivity index (χ1v) is 10.0. The van der Waals surface area contributed by atoms with Gasteiger partial charge >= 0.3 is 6.03 Å². The molecule has 0 radical (unpaired) electrons. The monoisotopic (exact) mass is 405 g/mol. The van der Waals surface area contributed by atoms with Gasteiger partial charge in [-0.05, 0) is 61.9 Å². The molecule has 0 bridgehead atoms. The van der Waals surface area contributed by atoms with Crippen LogP contribution in [-0.4, -0.2) is 42.5 Å². The van der Waals surface area contributed by atoms with E-state index in [1.165, 1.54) is 0 Å². The third kappa shape index (κ3) is 4.40. The van der Waals surface area contributed by atoms with Crippen molar-refractivity contribution in [3.8, 4) is 0 Å². The SMILES string of the molecule is CCN(CC)C(=O)Nc1cccc(C2CN(C)Cc3c(Cl)cc(Cl)cc32)c1. The first-order valence-electron chi connectivity index (χ1n) is 9.25. The summed E-state index contributed by atoms with van der Waals surface area (Å²) < 4.78 is 0. The lowest BCUT2D eigenvalue weighted by Crippen LogP contribution is -2.34. The highest BCUT2D eigenvalue weighted by Crippen LogP contribution is 2.38. The van der Waals surface area contributed by atoms with E-state index < -0.39 is 0 Å². The van der Waals surface area contributed by atoms with Crippen LogP contribution < -0.4 is 5.32 Å². The van der Waals surface area contributed by atoms with E-state index in [1.54, 1.807) is 11.0 Å². The van der Waals surface area contributed by atoms with Crippen LogP contribution >= 0.6 is 23.2 Å². The highest BCUT2D eigenvalue weighted by Gasteiger charge is 2.27. The second-order valence-corrected chi connectivity index (χ2v) is 7.78. The maximum atomic E-state index is 12.4. The number of nitrogens with one attached hydrogen (secondary N) is 1. The number of halogens is 2. The number of anilines is 1. The van der Waals surface area contributed by atoms with Crippen LogP contribution in [0.2, 0.25) is 10.0 Å². The van der Waals surface area contributed by atoms with Gasteiger partial charge in [-0.1, -0.05) is 35.3 Å². The van der Waals surface area contributed by atoms with E-state index in [0.29, 0.717) is 23.1 Å². The minimum Gasteiger partial charge on any atom is -0.325 e. The fraction of sp³-hybridized carbons (Fsp3) is 0.381. The zero-order valence-electron chi connectivity index (χ0n) is 15.9. The number of nitrogens with zero attached hydrogens (tertiary/aromatic N) is 2. The van der Waals surface area contributed by atoms with E-state index in [-0.39, 0.29) is 11.9 Å². The molecule has 0 spiro atoms. The van der Waals surface area contributed by atoms with Gasteiger partial charge in [0.1, 0.15) is 0 Å². The van der Waals surface area contributed by atoms with Gasteiger partial charge in [0, 0.05) is 47.8 Å². The van der Waals surface area contributed by atoms with Crippen molar-refractivity contribution in [3.63, 3.8) is 0 Å². The number of fused-ring (bicyclic) bond motifs is 1. The molecule has 1 atom stereocenters. The van der Waals surface area contributed by atoms with Crippen molar-refractivity contribution in [1.82, 2.24) is 9.80 Å². The molecule has 1 aliphatic heterocycles. The Morgan fingerprint density at radius 2 is 1.96 bits per heavy atom. The topological polar surface area (TPSA) is 35.6 Å². The first-order chi connectivity index (χ1) is 12.9. The smallest absolute Gasteiger partial charge is 0.321 e. The van der Waals surface area contributed by atoms with Gasteiger partial charge < -0.3 is 15.1 Å². The fourth-order valence-electron chi connectivity index (χ4n) is 3.68. The molecule has 2 aromatic rings. The van der Waals surface area contributed by atoms with Crippen LogP contribution in [0.1, 0.15) is 36.5 Å². The van der Waals surface area contributed by atoms with Gasteiger partial charge in [-0.2, -0.15) is 0 Å². The van der Waals surface area contributed by atoms with Crippen LogP contribution in [0.4, 0.5) is 10.5 Å². The molecule has 1 heterocycles. The van der Waals surface area contributed by atoms with Crippen LogP contribution in [0.5, 0.6) is 0 Å². The first kappa shape index (κ1) is 20.0. The lowest BCUT2D eigenvalue weighted by atomic mass is 9.84. The van der Waals surface area contributed by atoms with E-state index >= 15 is 0 Å². The Kier molecular flexibility index (Phi) is 6.30. The molecule has 6 heteroatoms. The summed E-state index contributed by atoms with van der Waals surface area (Å²) in [5.74, 6) is 0.153. The minimum absolute atomic E-state index is 0.0793. The van der Waals surface area contributed by atoms with Crippen LogP contribution in [0, 0.1) is 0 Å². The standard InChI is InChI=1S/C21H25Cl2N3O/c1-4-26(5-2)21(27)24-16-8-6-7-14(9-16)18-12-25(3)13-19-17(18)10-15(22)11-20(19)23/h6-11,18H,4-5,12-13H2,1-3H3,(H,24,27). The van der Waals surface area contributed by atoms with Crippen LogP contribution in [-0.2, 0) is 6.54 Å². The summed E-state index contributed by atoms with van der Waals surface area (Å²) in [5, 5.41) is 4.36. The highest BCUT2D eigenvalue weighted by atomic mass is 35.5. The number of urea groups is 1. The average Bonchev–Trinajstić information content (AvgIpc) is 2.63. The number of carbonyl (C=O) groups excluding carboxylic acids is 1. The molecule has 1 unspecified atom stereocenters. The Morgan fingerprint density at radius 3 is 2.67 bits per heavy atom. The van der Waals surface area contributed by atoms with Crippen molar-refractivity contribution in [2.24, 2.45) is 0 Å². The maximum Gasteiger partial charge on any atom is 0.321 e. The number of carbonyl (C=O) groups is 1. The van der Waals surface area contributed by atoms with Gasteiger partial charge in [0.15, 0.2) is 0 Å². The number of hydrogen-bond acceptors (Lipinski definition) is 2. The number of amides is 2. The summed E-state index contributed by atoms with van der Waals surface area (Å²) >= 11 is 12.7. The largest absolute Gasteiger partial charge is 0.325 e.